The Morgan fingerprint density at radius 1 is 1.29 bits per heavy atom. The molecule has 6 heteroatoms. The number of carbonyl (C=O) groups is 2. The fourth-order valence-electron chi connectivity index (χ4n) is 2.23. The van der Waals surface area contributed by atoms with Gasteiger partial charge in [0.05, 0.1) is 0 Å². The number of nitrogens with two attached hydrogens (primary N) is 1. The van der Waals surface area contributed by atoms with Crippen LogP contribution in [0.25, 0.3) is 0 Å². The lowest BCUT2D eigenvalue weighted by molar-refractivity contribution is -0.141. The molecule has 1 fully saturated rings. The number of carboxylic acid groups (broad SMARTS) is 1. The number of rotatable bonds is 7. The molecule has 0 aliphatic heterocycles. The molecule has 0 bridgehead atoms. The summed E-state index contributed by atoms with van der Waals surface area (Å²) in [4.78, 5) is 23.1. The van der Waals surface area contributed by atoms with Gasteiger partial charge >= 0.3 is 5.97 Å². The Morgan fingerprint density at radius 2 is 1.90 bits per heavy atom. The Kier molecular flexibility index (Phi) is 4.80. The van der Waals surface area contributed by atoms with Crippen LogP contribution in [0.3, 0.4) is 0 Å². The van der Waals surface area contributed by atoms with Crippen LogP contribution < -0.4 is 11.1 Å². The summed E-state index contributed by atoms with van der Waals surface area (Å²) in [5.74, 6) is -0.904. The first-order valence-corrected chi connectivity index (χ1v) is 7.01. The van der Waals surface area contributed by atoms with Crippen molar-refractivity contribution < 1.29 is 19.8 Å². The zero-order valence-corrected chi connectivity index (χ0v) is 11.7. The van der Waals surface area contributed by atoms with Crippen LogP contribution in [0.4, 0.5) is 0 Å². The van der Waals surface area contributed by atoms with Gasteiger partial charge in [-0.3, -0.25) is 4.79 Å². The Hall–Kier alpha value is -2.08. The molecule has 1 unspecified atom stereocenters. The van der Waals surface area contributed by atoms with E-state index in [0.717, 1.165) is 18.4 Å². The minimum atomic E-state index is -1.09. The number of benzene rings is 1. The molecule has 21 heavy (non-hydrogen) atoms. The van der Waals surface area contributed by atoms with Crippen LogP contribution in [0, 0.1) is 5.92 Å². The zero-order valence-electron chi connectivity index (χ0n) is 11.7. The smallest absolute Gasteiger partial charge is 0.326 e. The van der Waals surface area contributed by atoms with E-state index in [2.05, 4.69) is 5.32 Å². The summed E-state index contributed by atoms with van der Waals surface area (Å²) < 4.78 is 0. The molecule has 1 amide bonds. The van der Waals surface area contributed by atoms with Gasteiger partial charge in [0, 0.05) is 18.9 Å². The first kappa shape index (κ1) is 15.3. The van der Waals surface area contributed by atoms with E-state index in [0.29, 0.717) is 5.92 Å². The van der Waals surface area contributed by atoms with E-state index in [1.54, 1.807) is 12.1 Å². The van der Waals surface area contributed by atoms with E-state index in [1.807, 2.05) is 0 Å². The van der Waals surface area contributed by atoms with E-state index in [9.17, 15) is 19.8 Å². The third-order valence-electron chi connectivity index (χ3n) is 3.66. The minimum Gasteiger partial charge on any atom is -0.508 e. The van der Waals surface area contributed by atoms with Crippen molar-refractivity contribution in [3.63, 3.8) is 0 Å². The van der Waals surface area contributed by atoms with Crippen molar-refractivity contribution in [2.24, 2.45) is 11.7 Å². The van der Waals surface area contributed by atoms with Crippen LogP contribution in [0.1, 0.15) is 24.8 Å². The number of aliphatic carboxylic acids is 1. The number of phenols is 1. The largest absolute Gasteiger partial charge is 0.508 e. The van der Waals surface area contributed by atoms with E-state index in [1.165, 1.54) is 12.1 Å². The standard InChI is InChI=1S/C15H20N2O4/c16-12(10-3-4-10)8-14(19)17-13(15(20)21)7-9-1-5-11(18)6-2-9/h1-2,5-6,10,12-13,18H,3-4,7-8,16H2,(H,17,19)(H,20,21)/t12?,13-/m1/s1. The van der Waals surface area contributed by atoms with Crippen LogP contribution in [-0.2, 0) is 16.0 Å². The molecule has 6 nitrogen and oxygen atoms in total. The topological polar surface area (TPSA) is 113 Å². The van der Waals surface area contributed by atoms with Gasteiger partial charge in [-0.25, -0.2) is 4.79 Å². The molecule has 1 aliphatic rings. The van der Waals surface area contributed by atoms with Crippen molar-refractivity contribution in [3.05, 3.63) is 29.8 Å². The Bertz CT molecular complexity index is 511. The molecule has 2 atom stereocenters. The van der Waals surface area contributed by atoms with Crippen LogP contribution in [0.5, 0.6) is 5.75 Å². The number of carbonyl (C=O) groups excluding carboxylic acids is 1. The molecule has 0 heterocycles. The molecule has 1 aromatic carbocycles. The van der Waals surface area contributed by atoms with Crippen molar-refractivity contribution in [1.29, 1.82) is 0 Å². The highest BCUT2D eigenvalue weighted by Crippen LogP contribution is 2.32. The van der Waals surface area contributed by atoms with Gasteiger partial charge in [-0.2, -0.15) is 0 Å². The molecule has 114 valence electrons. The zero-order chi connectivity index (χ0) is 15.4. The summed E-state index contributed by atoms with van der Waals surface area (Å²) in [6.07, 6.45) is 2.42. The molecule has 1 saturated carbocycles. The number of carboxylic acids is 1. The highest BCUT2D eigenvalue weighted by Gasteiger charge is 2.30. The van der Waals surface area contributed by atoms with Gasteiger partial charge in [-0.15, -0.1) is 0 Å². The molecule has 0 radical (unpaired) electrons. The van der Waals surface area contributed by atoms with Gasteiger partial charge in [0.15, 0.2) is 0 Å². The molecule has 0 spiro atoms. The lowest BCUT2D eigenvalue weighted by atomic mass is 10.0. The molecule has 2 rings (SSSR count). The predicted octanol–water partition coefficient (Wildman–Crippen LogP) is 0.631. The number of amides is 1. The summed E-state index contributed by atoms with van der Waals surface area (Å²) in [7, 11) is 0. The summed E-state index contributed by atoms with van der Waals surface area (Å²) in [6, 6.07) is 5.06. The predicted molar refractivity (Wildman–Crippen MR) is 76.7 cm³/mol. The second kappa shape index (κ2) is 6.58. The first-order chi connectivity index (χ1) is 9.95. The SMILES string of the molecule is NC(CC(=O)N[C@H](Cc1ccc(O)cc1)C(=O)O)C1CC1. The monoisotopic (exact) mass is 292 g/mol. The number of nitrogens with one attached hydrogen (secondary N) is 1. The summed E-state index contributed by atoms with van der Waals surface area (Å²) in [6.45, 7) is 0. The Labute approximate surface area is 123 Å². The van der Waals surface area contributed by atoms with Gasteiger partial charge in [-0.05, 0) is 36.5 Å². The third-order valence-corrected chi connectivity index (χ3v) is 3.66. The highest BCUT2D eigenvalue weighted by molar-refractivity contribution is 5.84. The van der Waals surface area contributed by atoms with Gasteiger partial charge in [0.2, 0.25) is 5.91 Å². The van der Waals surface area contributed by atoms with Crippen molar-refractivity contribution in [2.75, 3.05) is 0 Å². The van der Waals surface area contributed by atoms with E-state index >= 15 is 0 Å². The lowest BCUT2D eigenvalue weighted by Gasteiger charge is -2.16. The van der Waals surface area contributed by atoms with Crippen molar-refractivity contribution in [2.45, 2.75) is 37.8 Å². The Morgan fingerprint density at radius 3 is 2.43 bits per heavy atom. The highest BCUT2D eigenvalue weighted by atomic mass is 16.4. The van der Waals surface area contributed by atoms with Crippen LogP contribution in [0.2, 0.25) is 0 Å². The average Bonchev–Trinajstić information content (AvgIpc) is 3.24. The maximum atomic E-state index is 11.9. The van der Waals surface area contributed by atoms with Crippen molar-refractivity contribution in [1.82, 2.24) is 5.32 Å². The van der Waals surface area contributed by atoms with E-state index < -0.39 is 12.0 Å². The molecular formula is C15H20N2O4. The van der Waals surface area contributed by atoms with E-state index in [4.69, 9.17) is 5.73 Å². The number of hydrogen-bond acceptors (Lipinski definition) is 4. The van der Waals surface area contributed by atoms with Crippen LogP contribution >= 0.6 is 0 Å². The van der Waals surface area contributed by atoms with Gasteiger partial charge in [0.1, 0.15) is 11.8 Å². The molecular weight excluding hydrogens is 272 g/mol. The maximum absolute atomic E-state index is 11.9. The van der Waals surface area contributed by atoms with Gasteiger partial charge in [-0.1, -0.05) is 12.1 Å². The van der Waals surface area contributed by atoms with Gasteiger partial charge < -0.3 is 21.3 Å². The fraction of sp³-hybridized carbons (Fsp3) is 0.467. The average molecular weight is 292 g/mol. The summed E-state index contributed by atoms with van der Waals surface area (Å²) in [5.41, 5.74) is 6.59. The number of phenolic OH excluding ortho intramolecular Hbond substituents is 1. The number of hydrogen-bond donors (Lipinski definition) is 4. The summed E-state index contributed by atoms with van der Waals surface area (Å²) in [5, 5.41) is 20.9. The van der Waals surface area contributed by atoms with Crippen LogP contribution in [0.15, 0.2) is 24.3 Å². The normalized spacial score (nSPS) is 17.0. The first-order valence-electron chi connectivity index (χ1n) is 7.01. The third kappa shape index (κ3) is 4.75. The second-order valence-electron chi connectivity index (χ2n) is 5.53. The summed E-state index contributed by atoms with van der Waals surface area (Å²) >= 11 is 0. The molecule has 1 aromatic rings. The molecule has 0 saturated heterocycles. The van der Waals surface area contributed by atoms with E-state index in [-0.39, 0.29) is 30.5 Å². The van der Waals surface area contributed by atoms with Crippen molar-refractivity contribution in [3.8, 4) is 5.75 Å². The maximum Gasteiger partial charge on any atom is 0.326 e. The Balaban J connectivity index is 1.90. The van der Waals surface area contributed by atoms with Gasteiger partial charge in [0.25, 0.3) is 0 Å². The molecule has 0 aromatic heterocycles. The number of aromatic hydroxyl groups is 1. The molecule has 5 N–H and O–H groups in total. The van der Waals surface area contributed by atoms with Crippen LogP contribution in [-0.4, -0.2) is 34.2 Å². The quantitative estimate of drug-likeness (QED) is 0.589. The lowest BCUT2D eigenvalue weighted by Crippen LogP contribution is -2.44. The fourth-order valence-corrected chi connectivity index (χ4v) is 2.23. The van der Waals surface area contributed by atoms with Crippen molar-refractivity contribution >= 4 is 11.9 Å². The second-order valence-corrected chi connectivity index (χ2v) is 5.53. The minimum absolute atomic E-state index is 0.116. The molecule has 1 aliphatic carbocycles.